The van der Waals surface area contributed by atoms with Crippen LogP contribution in [0.5, 0.6) is 0 Å². The summed E-state index contributed by atoms with van der Waals surface area (Å²) >= 11 is 0. The molecule has 14 heavy (non-hydrogen) atoms. The van der Waals surface area contributed by atoms with Crippen molar-refractivity contribution >= 4 is 5.69 Å². The number of piperidine rings is 1. The van der Waals surface area contributed by atoms with Crippen LogP contribution in [0.25, 0.3) is 0 Å². The number of para-hydroxylation sites is 1. The van der Waals surface area contributed by atoms with Crippen LogP contribution in [0.3, 0.4) is 0 Å². The molecule has 0 aliphatic carbocycles. The van der Waals surface area contributed by atoms with Crippen LogP contribution in [0.4, 0.5) is 10.1 Å². The largest absolute Gasteiger partial charge is 0.340 e. The zero-order valence-corrected chi connectivity index (χ0v) is 8.54. The number of alkyl halides is 1. The highest BCUT2D eigenvalue weighted by molar-refractivity contribution is 5.48. The second-order valence-electron chi connectivity index (χ2n) is 4.09. The van der Waals surface area contributed by atoms with Gasteiger partial charge in [-0.2, -0.15) is 0 Å². The van der Waals surface area contributed by atoms with Gasteiger partial charge < -0.3 is 4.90 Å². The SMILES string of the molecule is CC1(F)CCCCN1c1ccccc1. The fourth-order valence-corrected chi connectivity index (χ4v) is 2.09. The van der Waals surface area contributed by atoms with Crippen LogP contribution >= 0.6 is 0 Å². The van der Waals surface area contributed by atoms with E-state index in [0.29, 0.717) is 6.42 Å². The quantitative estimate of drug-likeness (QED) is 0.618. The molecule has 1 aromatic carbocycles. The minimum absolute atomic E-state index is 0.641. The number of benzene rings is 1. The van der Waals surface area contributed by atoms with Gasteiger partial charge in [0, 0.05) is 18.7 Å². The first-order valence-corrected chi connectivity index (χ1v) is 5.22. The number of hydrogen-bond donors (Lipinski definition) is 0. The van der Waals surface area contributed by atoms with E-state index >= 15 is 0 Å². The van der Waals surface area contributed by atoms with Crippen LogP contribution in [0, 0.1) is 0 Å². The molecule has 0 bridgehead atoms. The Hall–Kier alpha value is -1.05. The van der Waals surface area contributed by atoms with Gasteiger partial charge in [0.2, 0.25) is 0 Å². The minimum atomic E-state index is -1.17. The van der Waals surface area contributed by atoms with E-state index in [1.165, 1.54) is 0 Å². The average Bonchev–Trinajstić information content (AvgIpc) is 2.18. The maximum atomic E-state index is 14.1. The Kier molecular flexibility index (Phi) is 2.44. The average molecular weight is 193 g/mol. The standard InChI is InChI=1S/C12H16FN/c1-12(13)9-5-6-10-14(12)11-7-3-2-4-8-11/h2-4,7-8H,5-6,9-10H2,1H3. The van der Waals surface area contributed by atoms with Crippen LogP contribution in [-0.2, 0) is 0 Å². The lowest BCUT2D eigenvalue weighted by Gasteiger charge is -2.40. The third-order valence-electron chi connectivity index (χ3n) is 2.90. The highest BCUT2D eigenvalue weighted by atomic mass is 19.1. The summed E-state index contributed by atoms with van der Waals surface area (Å²) in [5, 5.41) is 0. The number of rotatable bonds is 1. The molecule has 1 aromatic rings. The lowest BCUT2D eigenvalue weighted by molar-refractivity contribution is 0.142. The van der Waals surface area contributed by atoms with Gasteiger partial charge in [0.25, 0.3) is 0 Å². The molecule has 0 radical (unpaired) electrons. The fourth-order valence-electron chi connectivity index (χ4n) is 2.09. The normalized spacial score (nSPS) is 27.7. The monoisotopic (exact) mass is 193 g/mol. The van der Waals surface area contributed by atoms with Gasteiger partial charge in [-0.25, -0.2) is 4.39 Å². The van der Waals surface area contributed by atoms with Gasteiger partial charge >= 0.3 is 0 Å². The minimum Gasteiger partial charge on any atom is -0.340 e. The van der Waals surface area contributed by atoms with Gasteiger partial charge in [0.15, 0.2) is 5.79 Å². The molecule has 0 saturated carbocycles. The zero-order valence-electron chi connectivity index (χ0n) is 8.54. The van der Waals surface area contributed by atoms with E-state index in [0.717, 1.165) is 25.1 Å². The molecule has 0 spiro atoms. The van der Waals surface area contributed by atoms with Gasteiger partial charge in [-0.3, -0.25) is 0 Å². The fraction of sp³-hybridized carbons (Fsp3) is 0.500. The zero-order chi connectivity index (χ0) is 10.0. The molecule has 1 heterocycles. The van der Waals surface area contributed by atoms with Crippen molar-refractivity contribution in [3.8, 4) is 0 Å². The van der Waals surface area contributed by atoms with Crippen LogP contribution < -0.4 is 4.90 Å². The Morgan fingerprint density at radius 3 is 2.57 bits per heavy atom. The first-order chi connectivity index (χ1) is 6.70. The Balaban J connectivity index is 2.24. The molecule has 1 unspecified atom stereocenters. The lowest BCUT2D eigenvalue weighted by Crippen LogP contribution is -2.46. The second kappa shape index (κ2) is 3.60. The molecule has 2 heteroatoms. The van der Waals surface area contributed by atoms with Crippen LogP contribution in [0.2, 0.25) is 0 Å². The van der Waals surface area contributed by atoms with Crippen LogP contribution in [-0.4, -0.2) is 12.3 Å². The van der Waals surface area contributed by atoms with Gasteiger partial charge in [0.1, 0.15) is 0 Å². The molecule has 0 amide bonds. The molecule has 1 nitrogen and oxygen atoms in total. The van der Waals surface area contributed by atoms with Crippen molar-refractivity contribution in [2.24, 2.45) is 0 Å². The van der Waals surface area contributed by atoms with E-state index in [4.69, 9.17) is 0 Å². The highest BCUT2D eigenvalue weighted by Crippen LogP contribution is 2.33. The summed E-state index contributed by atoms with van der Waals surface area (Å²) in [6, 6.07) is 9.83. The van der Waals surface area contributed by atoms with E-state index in [-0.39, 0.29) is 0 Å². The van der Waals surface area contributed by atoms with E-state index in [1.807, 2.05) is 35.2 Å². The van der Waals surface area contributed by atoms with Crippen molar-refractivity contribution in [1.29, 1.82) is 0 Å². The van der Waals surface area contributed by atoms with Crippen LogP contribution in [0.15, 0.2) is 30.3 Å². The van der Waals surface area contributed by atoms with Gasteiger partial charge in [-0.15, -0.1) is 0 Å². The maximum Gasteiger partial charge on any atom is 0.180 e. The topological polar surface area (TPSA) is 3.24 Å². The number of halogens is 1. The Morgan fingerprint density at radius 2 is 1.93 bits per heavy atom. The molecule has 1 atom stereocenters. The Morgan fingerprint density at radius 1 is 1.21 bits per heavy atom. The molecule has 1 aliphatic rings. The second-order valence-corrected chi connectivity index (χ2v) is 4.09. The summed E-state index contributed by atoms with van der Waals surface area (Å²) in [5.41, 5.74) is 0.997. The molecular formula is C12H16FN. The summed E-state index contributed by atoms with van der Waals surface area (Å²) in [5.74, 6) is -1.17. The summed E-state index contributed by atoms with van der Waals surface area (Å²) in [6.45, 7) is 2.51. The summed E-state index contributed by atoms with van der Waals surface area (Å²) in [6.07, 6.45) is 2.73. The molecule has 1 aliphatic heterocycles. The van der Waals surface area contributed by atoms with E-state index in [1.54, 1.807) is 6.92 Å². The third-order valence-corrected chi connectivity index (χ3v) is 2.90. The van der Waals surface area contributed by atoms with Gasteiger partial charge in [-0.1, -0.05) is 18.2 Å². The van der Waals surface area contributed by atoms with E-state index in [2.05, 4.69) is 0 Å². The van der Waals surface area contributed by atoms with Crippen molar-refractivity contribution in [3.63, 3.8) is 0 Å². The highest BCUT2D eigenvalue weighted by Gasteiger charge is 2.33. The van der Waals surface area contributed by atoms with Crippen molar-refractivity contribution in [2.75, 3.05) is 11.4 Å². The first kappa shape index (κ1) is 9.50. The predicted octanol–water partition coefficient (Wildman–Crippen LogP) is 3.36. The Bertz CT molecular complexity index is 294. The number of hydrogen-bond acceptors (Lipinski definition) is 1. The van der Waals surface area contributed by atoms with Crippen molar-refractivity contribution in [2.45, 2.75) is 32.0 Å². The molecule has 1 saturated heterocycles. The number of anilines is 1. The molecular weight excluding hydrogens is 177 g/mol. The van der Waals surface area contributed by atoms with E-state index < -0.39 is 5.79 Å². The lowest BCUT2D eigenvalue weighted by atomic mass is 10.0. The molecule has 0 N–H and O–H groups in total. The third kappa shape index (κ3) is 1.74. The van der Waals surface area contributed by atoms with Gasteiger partial charge in [0.05, 0.1) is 0 Å². The van der Waals surface area contributed by atoms with E-state index in [9.17, 15) is 4.39 Å². The predicted molar refractivity (Wildman–Crippen MR) is 57.2 cm³/mol. The summed E-state index contributed by atoms with van der Waals surface area (Å²) in [4.78, 5) is 1.87. The number of nitrogens with zero attached hydrogens (tertiary/aromatic N) is 1. The molecule has 1 fully saturated rings. The van der Waals surface area contributed by atoms with Crippen LogP contribution in [0.1, 0.15) is 26.2 Å². The maximum absolute atomic E-state index is 14.1. The molecule has 2 rings (SSSR count). The van der Waals surface area contributed by atoms with Crippen molar-refractivity contribution in [1.82, 2.24) is 0 Å². The molecule has 0 aromatic heterocycles. The smallest absolute Gasteiger partial charge is 0.180 e. The Labute approximate surface area is 84.5 Å². The van der Waals surface area contributed by atoms with Gasteiger partial charge in [-0.05, 0) is 31.9 Å². The first-order valence-electron chi connectivity index (χ1n) is 5.22. The summed E-state index contributed by atoms with van der Waals surface area (Å²) < 4.78 is 14.1. The van der Waals surface area contributed by atoms with Crippen molar-refractivity contribution < 1.29 is 4.39 Å². The summed E-state index contributed by atoms with van der Waals surface area (Å²) in [7, 11) is 0. The molecule has 76 valence electrons. The van der Waals surface area contributed by atoms with Crippen molar-refractivity contribution in [3.05, 3.63) is 30.3 Å².